The number of β-amino-alcohol motifs (C(OH)–C–C–N with tert-alkyl or cyclic N) is 2. The zero-order chi connectivity index (χ0) is 14.7. The second kappa shape index (κ2) is 6.04. The minimum Gasteiger partial charge on any atom is -0.444 e. The van der Waals surface area contributed by atoms with E-state index in [1.54, 1.807) is 20.8 Å². The van der Waals surface area contributed by atoms with Crippen LogP contribution in [0.1, 0.15) is 20.8 Å². The summed E-state index contributed by atoms with van der Waals surface area (Å²) in [5.41, 5.74) is 4.03. The first-order valence-corrected chi connectivity index (χ1v) is 6.43. The molecule has 112 valence electrons. The van der Waals surface area contributed by atoms with Gasteiger partial charge < -0.3 is 26.0 Å². The van der Waals surface area contributed by atoms with Crippen molar-refractivity contribution >= 4 is 6.09 Å². The van der Waals surface area contributed by atoms with Crippen LogP contribution in [0.5, 0.6) is 0 Å². The number of carbonyl (C=O) groups excluding carboxylic acids is 1. The smallest absolute Gasteiger partial charge is 0.407 e. The first-order valence-electron chi connectivity index (χ1n) is 6.43. The predicted molar refractivity (Wildman–Crippen MR) is 70.7 cm³/mol. The molecule has 1 heterocycles. The maximum Gasteiger partial charge on any atom is 0.407 e. The first-order chi connectivity index (χ1) is 8.63. The second-order valence-corrected chi connectivity index (χ2v) is 6.13. The van der Waals surface area contributed by atoms with Crippen molar-refractivity contribution in [3.8, 4) is 0 Å². The normalized spacial score (nSPS) is 20.5. The molecule has 1 rings (SSSR count). The number of nitrogens with zero attached hydrogens (tertiary/aromatic N) is 1. The fourth-order valence-electron chi connectivity index (χ4n) is 1.92. The Morgan fingerprint density at radius 2 is 2.11 bits per heavy atom. The lowest BCUT2D eigenvalue weighted by Gasteiger charge is -2.46. The van der Waals surface area contributed by atoms with Gasteiger partial charge in [-0.2, -0.15) is 0 Å². The van der Waals surface area contributed by atoms with E-state index in [0.717, 1.165) is 0 Å². The van der Waals surface area contributed by atoms with Crippen LogP contribution in [0.15, 0.2) is 0 Å². The highest BCUT2D eigenvalue weighted by Crippen LogP contribution is 2.19. The highest BCUT2D eigenvalue weighted by atomic mass is 16.6. The number of carbonyl (C=O) groups is 1. The number of ether oxygens (including phenoxy) is 1. The third kappa shape index (κ3) is 5.73. The van der Waals surface area contributed by atoms with Gasteiger partial charge in [0.05, 0.1) is 6.10 Å². The van der Waals surface area contributed by atoms with Gasteiger partial charge in [0.2, 0.25) is 0 Å². The molecule has 0 saturated carbocycles. The molecule has 0 aromatic carbocycles. The van der Waals surface area contributed by atoms with Gasteiger partial charge in [0.1, 0.15) is 11.2 Å². The summed E-state index contributed by atoms with van der Waals surface area (Å²) in [5.74, 6) is 0. The number of amides is 1. The summed E-state index contributed by atoms with van der Waals surface area (Å²) in [4.78, 5) is 13.3. The standard InChI is InChI=1S/C12H25N3O4/c1-11(2,3)19-10(17)14-4-9(16)5-15-7-12(18,6-13)8-15/h9,16,18H,4-8,13H2,1-3H3,(H,14,17)/t9-/m1/s1. The van der Waals surface area contributed by atoms with Crippen LogP contribution in [-0.2, 0) is 4.74 Å². The van der Waals surface area contributed by atoms with Gasteiger partial charge in [-0.3, -0.25) is 4.90 Å². The van der Waals surface area contributed by atoms with Crippen molar-refractivity contribution in [1.82, 2.24) is 10.2 Å². The van der Waals surface area contributed by atoms with E-state index in [-0.39, 0.29) is 13.1 Å². The number of alkyl carbamates (subject to hydrolysis) is 1. The lowest BCUT2D eigenvalue weighted by Crippen LogP contribution is -2.66. The highest BCUT2D eigenvalue weighted by molar-refractivity contribution is 5.67. The van der Waals surface area contributed by atoms with Crippen LogP contribution in [0.2, 0.25) is 0 Å². The van der Waals surface area contributed by atoms with Gasteiger partial charge >= 0.3 is 6.09 Å². The summed E-state index contributed by atoms with van der Waals surface area (Å²) in [6.07, 6.45) is -1.25. The minimum atomic E-state index is -0.821. The van der Waals surface area contributed by atoms with E-state index in [0.29, 0.717) is 19.6 Å². The molecule has 0 aromatic rings. The van der Waals surface area contributed by atoms with E-state index in [1.807, 2.05) is 4.90 Å². The number of likely N-dealkylation sites (tertiary alicyclic amines) is 1. The highest BCUT2D eigenvalue weighted by Gasteiger charge is 2.40. The van der Waals surface area contributed by atoms with Gasteiger partial charge in [-0.05, 0) is 20.8 Å². The average Bonchev–Trinajstić information content (AvgIpc) is 2.21. The largest absolute Gasteiger partial charge is 0.444 e. The Morgan fingerprint density at radius 1 is 1.53 bits per heavy atom. The molecule has 1 aliphatic heterocycles. The zero-order valence-electron chi connectivity index (χ0n) is 11.8. The molecule has 0 aromatic heterocycles. The summed E-state index contributed by atoms with van der Waals surface area (Å²) >= 11 is 0. The van der Waals surface area contributed by atoms with Gasteiger partial charge in [0.15, 0.2) is 0 Å². The van der Waals surface area contributed by atoms with E-state index in [9.17, 15) is 15.0 Å². The van der Waals surface area contributed by atoms with Gasteiger partial charge in [-0.1, -0.05) is 0 Å². The zero-order valence-corrected chi connectivity index (χ0v) is 11.8. The minimum absolute atomic E-state index is 0.118. The van der Waals surface area contributed by atoms with Gasteiger partial charge in [0, 0.05) is 32.7 Å². The number of nitrogens with one attached hydrogen (secondary N) is 1. The summed E-state index contributed by atoms with van der Waals surface area (Å²) in [5, 5.41) is 22.0. The number of aliphatic hydroxyl groups is 2. The maximum atomic E-state index is 11.4. The Kier molecular flexibility index (Phi) is 5.14. The van der Waals surface area contributed by atoms with Crippen molar-refractivity contribution in [2.75, 3.05) is 32.7 Å². The van der Waals surface area contributed by atoms with Crippen LogP contribution in [0, 0.1) is 0 Å². The topological polar surface area (TPSA) is 108 Å². The SMILES string of the molecule is CC(C)(C)OC(=O)NC[C@@H](O)CN1CC(O)(CN)C1. The molecule has 0 radical (unpaired) electrons. The quantitative estimate of drug-likeness (QED) is 0.506. The van der Waals surface area contributed by atoms with Crippen molar-refractivity contribution in [1.29, 1.82) is 0 Å². The monoisotopic (exact) mass is 275 g/mol. The van der Waals surface area contributed by atoms with Crippen LogP contribution >= 0.6 is 0 Å². The molecular weight excluding hydrogens is 250 g/mol. The molecule has 0 spiro atoms. The number of rotatable bonds is 5. The van der Waals surface area contributed by atoms with Crippen molar-refractivity contribution in [2.24, 2.45) is 5.73 Å². The summed E-state index contributed by atoms with van der Waals surface area (Å²) in [7, 11) is 0. The second-order valence-electron chi connectivity index (χ2n) is 6.13. The number of hydrogen-bond acceptors (Lipinski definition) is 6. The Hall–Kier alpha value is -0.890. The van der Waals surface area contributed by atoms with Crippen molar-refractivity contribution in [3.63, 3.8) is 0 Å². The van der Waals surface area contributed by atoms with Crippen LogP contribution in [-0.4, -0.2) is 71.2 Å². The van der Waals surface area contributed by atoms with Crippen molar-refractivity contribution in [2.45, 2.75) is 38.1 Å². The number of aliphatic hydroxyl groups excluding tert-OH is 1. The van der Waals surface area contributed by atoms with Crippen molar-refractivity contribution < 1.29 is 19.7 Å². The fourth-order valence-corrected chi connectivity index (χ4v) is 1.92. The van der Waals surface area contributed by atoms with E-state index in [4.69, 9.17) is 10.5 Å². The lowest BCUT2D eigenvalue weighted by molar-refractivity contribution is -0.101. The third-order valence-electron chi connectivity index (χ3n) is 2.77. The average molecular weight is 275 g/mol. The van der Waals surface area contributed by atoms with E-state index < -0.39 is 23.4 Å². The first kappa shape index (κ1) is 16.2. The molecule has 7 heteroatoms. The molecule has 7 nitrogen and oxygen atoms in total. The molecule has 1 aliphatic rings. The summed E-state index contributed by atoms with van der Waals surface area (Å²) in [6.45, 7) is 6.95. The molecule has 0 unspecified atom stereocenters. The molecule has 5 N–H and O–H groups in total. The van der Waals surface area contributed by atoms with Crippen LogP contribution in [0.4, 0.5) is 4.79 Å². The predicted octanol–water partition coefficient (Wildman–Crippen LogP) is -1.12. The van der Waals surface area contributed by atoms with Gasteiger partial charge in [-0.25, -0.2) is 4.79 Å². The summed E-state index contributed by atoms with van der Waals surface area (Å²) < 4.78 is 5.05. The molecule has 1 saturated heterocycles. The van der Waals surface area contributed by atoms with E-state index in [2.05, 4.69) is 5.32 Å². The Balaban J connectivity index is 2.16. The lowest BCUT2D eigenvalue weighted by atomic mass is 9.94. The Labute approximate surface area is 113 Å². The molecule has 1 atom stereocenters. The molecule has 1 amide bonds. The van der Waals surface area contributed by atoms with Crippen LogP contribution < -0.4 is 11.1 Å². The van der Waals surface area contributed by atoms with Crippen molar-refractivity contribution in [3.05, 3.63) is 0 Å². The van der Waals surface area contributed by atoms with E-state index >= 15 is 0 Å². The fraction of sp³-hybridized carbons (Fsp3) is 0.917. The maximum absolute atomic E-state index is 11.4. The number of hydrogen-bond donors (Lipinski definition) is 4. The molecule has 0 aliphatic carbocycles. The Morgan fingerprint density at radius 3 is 2.58 bits per heavy atom. The number of nitrogens with two attached hydrogens (primary N) is 1. The third-order valence-corrected chi connectivity index (χ3v) is 2.77. The molecule has 1 fully saturated rings. The molecular formula is C12H25N3O4. The molecule has 19 heavy (non-hydrogen) atoms. The summed E-state index contributed by atoms with van der Waals surface area (Å²) in [6, 6.07) is 0. The van der Waals surface area contributed by atoms with Crippen LogP contribution in [0.3, 0.4) is 0 Å². The van der Waals surface area contributed by atoms with Crippen LogP contribution in [0.25, 0.3) is 0 Å². The molecule has 0 bridgehead atoms. The van der Waals surface area contributed by atoms with E-state index in [1.165, 1.54) is 0 Å². The van der Waals surface area contributed by atoms with Gasteiger partial charge in [-0.15, -0.1) is 0 Å². The Bertz CT molecular complexity index is 311. The van der Waals surface area contributed by atoms with Gasteiger partial charge in [0.25, 0.3) is 0 Å².